The zero-order valence-electron chi connectivity index (χ0n) is 14.5. The van der Waals surface area contributed by atoms with Crippen LogP contribution in [0.25, 0.3) is 0 Å². The Morgan fingerprint density at radius 1 is 1.24 bits per heavy atom. The van der Waals surface area contributed by atoms with Crippen molar-refractivity contribution < 1.29 is 14.7 Å². The molecule has 1 heterocycles. The summed E-state index contributed by atoms with van der Waals surface area (Å²) in [5, 5.41) is 12.6. The van der Waals surface area contributed by atoms with Gasteiger partial charge in [0, 0.05) is 31.5 Å². The molecule has 0 fully saturated rings. The molecule has 0 aliphatic carbocycles. The standard InChI is InChI=1S/C20H22N2O3/c1-13-7-9-19(24)17(11-13)21-20(25)10-8-15-12-22(14(2)23)18-6-4-3-5-16(15)18/h3-7,9,11,15,24H,8,10,12H2,1-2H3,(H,21,25)/t15-/m0/s1. The number of phenols is 1. The maximum atomic E-state index is 12.3. The van der Waals surface area contributed by atoms with E-state index in [1.54, 1.807) is 30.0 Å². The largest absolute Gasteiger partial charge is 0.506 e. The van der Waals surface area contributed by atoms with E-state index in [4.69, 9.17) is 0 Å². The summed E-state index contributed by atoms with van der Waals surface area (Å²) in [5.74, 6) is 0.0913. The Morgan fingerprint density at radius 2 is 2.00 bits per heavy atom. The Bertz CT molecular complexity index is 816. The highest BCUT2D eigenvalue weighted by atomic mass is 16.3. The summed E-state index contributed by atoms with van der Waals surface area (Å²) in [5.41, 5.74) is 3.46. The Kier molecular flexibility index (Phi) is 4.74. The molecule has 5 heteroatoms. The van der Waals surface area contributed by atoms with Gasteiger partial charge in [-0.2, -0.15) is 0 Å². The maximum absolute atomic E-state index is 12.3. The van der Waals surface area contributed by atoms with Crippen LogP contribution in [0.1, 0.15) is 36.8 Å². The molecule has 0 unspecified atom stereocenters. The predicted octanol–water partition coefficient (Wildman–Crippen LogP) is 3.57. The first-order valence-corrected chi connectivity index (χ1v) is 8.42. The third-order valence-electron chi connectivity index (χ3n) is 4.60. The van der Waals surface area contributed by atoms with Crippen molar-refractivity contribution in [2.75, 3.05) is 16.8 Å². The Labute approximate surface area is 147 Å². The van der Waals surface area contributed by atoms with Crippen molar-refractivity contribution in [2.24, 2.45) is 0 Å². The number of hydrogen-bond acceptors (Lipinski definition) is 3. The van der Waals surface area contributed by atoms with Crippen LogP contribution in [-0.2, 0) is 9.59 Å². The van der Waals surface area contributed by atoms with Crippen LogP contribution in [0.2, 0.25) is 0 Å². The van der Waals surface area contributed by atoms with Crippen LogP contribution in [-0.4, -0.2) is 23.5 Å². The molecular formula is C20H22N2O3. The van der Waals surface area contributed by atoms with Gasteiger partial charge in [-0.05, 0) is 42.7 Å². The quantitative estimate of drug-likeness (QED) is 0.837. The average Bonchev–Trinajstić information content (AvgIpc) is 2.95. The van der Waals surface area contributed by atoms with Gasteiger partial charge in [-0.15, -0.1) is 0 Å². The van der Waals surface area contributed by atoms with E-state index in [2.05, 4.69) is 5.32 Å². The topological polar surface area (TPSA) is 69.6 Å². The minimum atomic E-state index is -0.139. The van der Waals surface area contributed by atoms with E-state index in [0.29, 0.717) is 25.1 Å². The number of para-hydroxylation sites is 1. The second-order valence-electron chi connectivity index (χ2n) is 6.49. The molecule has 0 bridgehead atoms. The van der Waals surface area contributed by atoms with Crippen LogP contribution in [0, 0.1) is 6.92 Å². The van der Waals surface area contributed by atoms with Gasteiger partial charge in [-0.25, -0.2) is 0 Å². The summed E-state index contributed by atoms with van der Waals surface area (Å²) >= 11 is 0. The number of nitrogens with zero attached hydrogens (tertiary/aromatic N) is 1. The van der Waals surface area contributed by atoms with Crippen molar-refractivity contribution in [3.63, 3.8) is 0 Å². The van der Waals surface area contributed by atoms with E-state index in [1.807, 2.05) is 31.2 Å². The highest BCUT2D eigenvalue weighted by molar-refractivity contribution is 5.95. The molecule has 5 nitrogen and oxygen atoms in total. The van der Waals surface area contributed by atoms with Crippen LogP contribution in [0.4, 0.5) is 11.4 Å². The summed E-state index contributed by atoms with van der Waals surface area (Å²) in [4.78, 5) is 25.8. The van der Waals surface area contributed by atoms with Crippen LogP contribution < -0.4 is 10.2 Å². The Balaban J connectivity index is 1.65. The van der Waals surface area contributed by atoms with E-state index in [9.17, 15) is 14.7 Å². The van der Waals surface area contributed by atoms with E-state index in [0.717, 1.165) is 16.8 Å². The number of nitrogens with one attached hydrogen (secondary N) is 1. The van der Waals surface area contributed by atoms with Crippen LogP contribution in [0.5, 0.6) is 5.75 Å². The highest BCUT2D eigenvalue weighted by Gasteiger charge is 2.30. The van der Waals surface area contributed by atoms with Gasteiger partial charge < -0.3 is 15.3 Å². The molecule has 1 aliphatic rings. The molecule has 0 aromatic heterocycles. The molecule has 1 atom stereocenters. The van der Waals surface area contributed by atoms with E-state index in [-0.39, 0.29) is 23.5 Å². The lowest BCUT2D eigenvalue weighted by Crippen LogP contribution is -2.27. The smallest absolute Gasteiger partial charge is 0.224 e. The summed E-state index contributed by atoms with van der Waals surface area (Å²) in [7, 11) is 0. The number of benzene rings is 2. The number of aromatic hydroxyl groups is 1. The van der Waals surface area contributed by atoms with Gasteiger partial charge in [0.15, 0.2) is 0 Å². The molecule has 2 N–H and O–H groups in total. The fraction of sp³-hybridized carbons (Fsp3) is 0.300. The second kappa shape index (κ2) is 6.97. The molecule has 2 amide bonds. The van der Waals surface area contributed by atoms with E-state index < -0.39 is 0 Å². The van der Waals surface area contributed by atoms with Gasteiger partial charge in [0.1, 0.15) is 5.75 Å². The first kappa shape index (κ1) is 17.0. The Morgan fingerprint density at radius 3 is 2.76 bits per heavy atom. The normalized spacial score (nSPS) is 15.8. The third kappa shape index (κ3) is 3.65. The summed E-state index contributed by atoms with van der Waals surface area (Å²) < 4.78 is 0. The number of amides is 2. The molecule has 0 radical (unpaired) electrons. The first-order valence-electron chi connectivity index (χ1n) is 8.42. The minimum absolute atomic E-state index is 0.0177. The number of carbonyl (C=O) groups excluding carboxylic acids is 2. The average molecular weight is 338 g/mol. The van der Waals surface area contributed by atoms with Gasteiger partial charge >= 0.3 is 0 Å². The summed E-state index contributed by atoms with van der Waals surface area (Å²) in [6.45, 7) is 4.07. The van der Waals surface area contributed by atoms with Crippen LogP contribution in [0.15, 0.2) is 42.5 Å². The van der Waals surface area contributed by atoms with Crippen LogP contribution in [0.3, 0.4) is 0 Å². The molecule has 2 aromatic carbocycles. The minimum Gasteiger partial charge on any atom is -0.506 e. The van der Waals surface area contributed by atoms with Crippen molar-refractivity contribution in [1.82, 2.24) is 0 Å². The number of anilines is 2. The van der Waals surface area contributed by atoms with Crippen LogP contribution >= 0.6 is 0 Å². The number of phenolic OH excluding ortho intramolecular Hbond substituents is 1. The first-order chi connectivity index (χ1) is 12.0. The van der Waals surface area contributed by atoms with E-state index >= 15 is 0 Å². The molecule has 0 spiro atoms. The van der Waals surface area contributed by atoms with Crippen molar-refractivity contribution >= 4 is 23.2 Å². The van der Waals surface area contributed by atoms with E-state index in [1.165, 1.54) is 0 Å². The zero-order valence-corrected chi connectivity index (χ0v) is 14.5. The predicted molar refractivity (Wildman–Crippen MR) is 97.9 cm³/mol. The number of fused-ring (bicyclic) bond motifs is 1. The second-order valence-corrected chi connectivity index (χ2v) is 6.49. The molecule has 1 aliphatic heterocycles. The molecule has 0 saturated heterocycles. The van der Waals surface area contributed by atoms with Gasteiger partial charge in [-0.1, -0.05) is 24.3 Å². The molecular weight excluding hydrogens is 316 g/mol. The van der Waals surface area contributed by atoms with Gasteiger partial charge in [0.05, 0.1) is 5.69 Å². The monoisotopic (exact) mass is 338 g/mol. The van der Waals surface area contributed by atoms with Crippen molar-refractivity contribution in [1.29, 1.82) is 0 Å². The highest BCUT2D eigenvalue weighted by Crippen LogP contribution is 2.38. The lowest BCUT2D eigenvalue weighted by atomic mass is 9.96. The molecule has 3 rings (SSSR count). The molecule has 25 heavy (non-hydrogen) atoms. The SMILES string of the molecule is CC(=O)N1C[C@H](CCC(=O)Nc2cc(C)ccc2O)c2ccccc21. The fourth-order valence-electron chi connectivity index (χ4n) is 3.31. The molecule has 2 aromatic rings. The maximum Gasteiger partial charge on any atom is 0.224 e. The lowest BCUT2D eigenvalue weighted by molar-refractivity contribution is -0.116. The fourth-order valence-corrected chi connectivity index (χ4v) is 3.31. The number of hydrogen-bond donors (Lipinski definition) is 2. The summed E-state index contributed by atoms with van der Waals surface area (Å²) in [6, 6.07) is 13.0. The number of aryl methyl sites for hydroxylation is 1. The number of rotatable bonds is 4. The number of carbonyl (C=O) groups is 2. The third-order valence-corrected chi connectivity index (χ3v) is 4.60. The molecule has 130 valence electrons. The van der Waals surface area contributed by atoms with Crippen molar-refractivity contribution in [3.05, 3.63) is 53.6 Å². The zero-order chi connectivity index (χ0) is 18.0. The van der Waals surface area contributed by atoms with Gasteiger partial charge in [0.25, 0.3) is 0 Å². The lowest BCUT2D eigenvalue weighted by Gasteiger charge is -2.15. The van der Waals surface area contributed by atoms with Gasteiger partial charge in [0.2, 0.25) is 11.8 Å². The Hall–Kier alpha value is -2.82. The van der Waals surface area contributed by atoms with Crippen molar-refractivity contribution in [2.45, 2.75) is 32.6 Å². The summed E-state index contributed by atoms with van der Waals surface area (Å²) in [6.07, 6.45) is 0.983. The molecule has 0 saturated carbocycles. The van der Waals surface area contributed by atoms with Gasteiger partial charge in [-0.3, -0.25) is 9.59 Å². The van der Waals surface area contributed by atoms with Crippen molar-refractivity contribution in [3.8, 4) is 5.75 Å².